The van der Waals surface area contributed by atoms with Crippen molar-refractivity contribution in [2.75, 3.05) is 31.1 Å². The van der Waals surface area contributed by atoms with E-state index in [1.165, 1.54) is 5.56 Å². The van der Waals surface area contributed by atoms with Gasteiger partial charge in [-0.2, -0.15) is 0 Å². The van der Waals surface area contributed by atoms with Crippen LogP contribution in [0.3, 0.4) is 0 Å². The van der Waals surface area contributed by atoms with Crippen molar-refractivity contribution in [3.63, 3.8) is 0 Å². The minimum atomic E-state index is 0.00615. The lowest BCUT2D eigenvalue weighted by molar-refractivity contribution is -0.120. The average Bonchev–Trinajstić information content (AvgIpc) is 2.91. The molecule has 1 N–H and O–H groups in total. The van der Waals surface area contributed by atoms with Crippen molar-refractivity contribution < 1.29 is 9.59 Å². The maximum atomic E-state index is 12.6. The molecule has 1 saturated heterocycles. The Kier molecular flexibility index (Phi) is 4.43. The molecule has 5 nitrogen and oxygen atoms in total. The van der Waals surface area contributed by atoms with Crippen LogP contribution in [-0.2, 0) is 16.0 Å². The second-order valence-electron chi connectivity index (χ2n) is 6.20. The zero-order chi connectivity index (χ0) is 15.5. The highest BCUT2D eigenvalue weighted by Crippen LogP contribution is 2.27. The molecule has 0 saturated carbocycles. The minimum Gasteiger partial charge on any atom is -0.352 e. The molecule has 0 radical (unpaired) electrons. The van der Waals surface area contributed by atoms with Crippen molar-refractivity contribution in [2.24, 2.45) is 0 Å². The predicted octanol–water partition coefficient (Wildman–Crippen LogP) is 1.18. The van der Waals surface area contributed by atoms with Gasteiger partial charge in [0.15, 0.2) is 0 Å². The lowest BCUT2D eigenvalue weighted by Crippen LogP contribution is -2.50. The Labute approximate surface area is 131 Å². The van der Waals surface area contributed by atoms with Crippen LogP contribution in [0.4, 0.5) is 5.69 Å². The highest BCUT2D eigenvalue weighted by molar-refractivity contribution is 5.96. The molecule has 2 aliphatic rings. The van der Waals surface area contributed by atoms with E-state index in [9.17, 15) is 9.59 Å². The van der Waals surface area contributed by atoms with Gasteiger partial charge in [0.1, 0.15) is 0 Å². The molecule has 1 unspecified atom stereocenters. The van der Waals surface area contributed by atoms with E-state index in [1.807, 2.05) is 23.1 Å². The van der Waals surface area contributed by atoms with Gasteiger partial charge in [-0.3, -0.25) is 14.5 Å². The van der Waals surface area contributed by atoms with Gasteiger partial charge in [-0.1, -0.05) is 18.2 Å². The third kappa shape index (κ3) is 3.30. The molecule has 1 atom stereocenters. The Morgan fingerprint density at radius 2 is 2.09 bits per heavy atom. The van der Waals surface area contributed by atoms with Gasteiger partial charge in [0.05, 0.1) is 6.54 Å². The number of amides is 2. The molecule has 0 aromatic heterocycles. The summed E-state index contributed by atoms with van der Waals surface area (Å²) in [4.78, 5) is 27.8. The molecule has 118 valence electrons. The summed E-state index contributed by atoms with van der Waals surface area (Å²) in [5.74, 6) is 0.167. The number of hydrogen-bond acceptors (Lipinski definition) is 3. The third-order valence-electron chi connectivity index (χ3n) is 4.46. The molecule has 1 aromatic carbocycles. The van der Waals surface area contributed by atoms with Crippen molar-refractivity contribution in [2.45, 2.75) is 32.2 Å². The smallest absolute Gasteiger partial charge is 0.241 e. The monoisotopic (exact) mass is 301 g/mol. The maximum absolute atomic E-state index is 12.6. The first-order valence-corrected chi connectivity index (χ1v) is 8.01. The average molecular weight is 301 g/mol. The van der Waals surface area contributed by atoms with E-state index in [2.05, 4.69) is 16.3 Å². The van der Waals surface area contributed by atoms with E-state index < -0.39 is 0 Å². The number of carbonyl (C=O) groups excluding carboxylic acids is 2. The molecule has 2 amide bonds. The number of carbonyl (C=O) groups is 2. The van der Waals surface area contributed by atoms with Crippen LogP contribution in [-0.4, -0.2) is 48.9 Å². The van der Waals surface area contributed by atoms with E-state index in [4.69, 9.17) is 0 Å². The lowest BCUT2D eigenvalue weighted by atomic mass is 10.1. The van der Waals surface area contributed by atoms with E-state index in [0.717, 1.165) is 44.6 Å². The number of para-hydroxylation sites is 1. The third-order valence-corrected chi connectivity index (χ3v) is 4.46. The Morgan fingerprint density at radius 3 is 2.91 bits per heavy atom. The number of benzene rings is 1. The van der Waals surface area contributed by atoms with Crippen molar-refractivity contribution in [3.8, 4) is 0 Å². The second-order valence-corrected chi connectivity index (χ2v) is 6.20. The van der Waals surface area contributed by atoms with Crippen LogP contribution in [0.15, 0.2) is 24.3 Å². The Bertz CT molecular complexity index is 573. The van der Waals surface area contributed by atoms with Crippen LogP contribution < -0.4 is 10.2 Å². The molecule has 22 heavy (non-hydrogen) atoms. The second kappa shape index (κ2) is 6.48. The summed E-state index contributed by atoms with van der Waals surface area (Å²) < 4.78 is 0. The van der Waals surface area contributed by atoms with Crippen LogP contribution in [0, 0.1) is 0 Å². The largest absolute Gasteiger partial charge is 0.352 e. The van der Waals surface area contributed by atoms with E-state index in [-0.39, 0.29) is 17.9 Å². The zero-order valence-electron chi connectivity index (χ0n) is 13.0. The topological polar surface area (TPSA) is 52.7 Å². The quantitative estimate of drug-likeness (QED) is 0.912. The highest BCUT2D eigenvalue weighted by atomic mass is 16.2. The van der Waals surface area contributed by atoms with Crippen LogP contribution in [0.25, 0.3) is 0 Å². The summed E-state index contributed by atoms with van der Waals surface area (Å²) in [6.45, 7) is 4.45. The van der Waals surface area contributed by atoms with E-state index >= 15 is 0 Å². The van der Waals surface area contributed by atoms with Crippen molar-refractivity contribution in [1.82, 2.24) is 10.2 Å². The fourth-order valence-corrected chi connectivity index (χ4v) is 3.48. The molecule has 3 rings (SSSR count). The van der Waals surface area contributed by atoms with Crippen molar-refractivity contribution in [1.29, 1.82) is 0 Å². The Balaban J connectivity index is 1.59. The molecule has 1 aromatic rings. The maximum Gasteiger partial charge on any atom is 0.241 e. The molecular weight excluding hydrogens is 278 g/mol. The van der Waals surface area contributed by atoms with Crippen LogP contribution in [0.1, 0.15) is 25.3 Å². The van der Waals surface area contributed by atoms with Crippen LogP contribution >= 0.6 is 0 Å². The molecule has 0 aliphatic carbocycles. The number of nitrogens with zero attached hydrogens (tertiary/aromatic N) is 2. The molecule has 0 spiro atoms. The van der Waals surface area contributed by atoms with Gasteiger partial charge < -0.3 is 10.2 Å². The van der Waals surface area contributed by atoms with Crippen molar-refractivity contribution >= 4 is 17.5 Å². The molecular formula is C17H23N3O2. The van der Waals surface area contributed by atoms with E-state index in [1.54, 1.807) is 6.92 Å². The number of likely N-dealkylation sites (tertiary alicyclic amines) is 1. The van der Waals surface area contributed by atoms with E-state index in [0.29, 0.717) is 6.54 Å². The van der Waals surface area contributed by atoms with Gasteiger partial charge in [-0.15, -0.1) is 0 Å². The summed E-state index contributed by atoms with van der Waals surface area (Å²) in [7, 11) is 0. The first-order valence-electron chi connectivity index (χ1n) is 8.01. The first kappa shape index (κ1) is 15.0. The molecule has 0 bridgehead atoms. The normalized spacial score (nSPS) is 21.5. The number of piperidine rings is 1. The highest BCUT2D eigenvalue weighted by Gasteiger charge is 2.27. The number of hydrogen-bond donors (Lipinski definition) is 1. The number of rotatable bonds is 3. The number of fused-ring (bicyclic) bond motifs is 1. The molecule has 5 heteroatoms. The van der Waals surface area contributed by atoms with Crippen LogP contribution in [0.2, 0.25) is 0 Å². The summed E-state index contributed by atoms with van der Waals surface area (Å²) >= 11 is 0. The first-order chi connectivity index (χ1) is 10.6. The van der Waals surface area contributed by atoms with Gasteiger partial charge in [-0.05, 0) is 37.4 Å². The van der Waals surface area contributed by atoms with Gasteiger partial charge >= 0.3 is 0 Å². The standard InChI is InChI=1S/C17H23N3O2/c1-13(21)18-15-6-4-9-19(11-15)12-17(22)20-10-8-14-5-2-3-7-16(14)20/h2-3,5,7,15H,4,6,8-12H2,1H3,(H,18,21). The van der Waals surface area contributed by atoms with Gasteiger partial charge in [-0.25, -0.2) is 0 Å². The fourth-order valence-electron chi connectivity index (χ4n) is 3.48. The molecule has 2 heterocycles. The lowest BCUT2D eigenvalue weighted by Gasteiger charge is -2.33. The Hall–Kier alpha value is -1.88. The predicted molar refractivity (Wildman–Crippen MR) is 85.8 cm³/mol. The number of anilines is 1. The molecule has 2 aliphatic heterocycles. The number of nitrogens with one attached hydrogen (secondary N) is 1. The summed E-state index contributed by atoms with van der Waals surface area (Å²) in [6.07, 6.45) is 2.96. The molecule has 1 fully saturated rings. The fraction of sp³-hybridized carbons (Fsp3) is 0.529. The summed E-state index contributed by atoms with van der Waals surface area (Å²) in [6, 6.07) is 8.30. The Morgan fingerprint density at radius 1 is 1.27 bits per heavy atom. The zero-order valence-corrected chi connectivity index (χ0v) is 13.0. The SMILES string of the molecule is CC(=O)NC1CCCN(CC(=O)N2CCc3ccccc32)C1. The summed E-state index contributed by atoms with van der Waals surface area (Å²) in [5.41, 5.74) is 2.31. The van der Waals surface area contributed by atoms with Gasteiger partial charge in [0.25, 0.3) is 0 Å². The van der Waals surface area contributed by atoms with Gasteiger partial charge in [0.2, 0.25) is 11.8 Å². The minimum absolute atomic E-state index is 0.00615. The van der Waals surface area contributed by atoms with Crippen molar-refractivity contribution in [3.05, 3.63) is 29.8 Å². The van der Waals surface area contributed by atoms with Crippen LogP contribution in [0.5, 0.6) is 0 Å². The summed E-state index contributed by atoms with van der Waals surface area (Å²) in [5, 5.41) is 2.96. The van der Waals surface area contributed by atoms with Gasteiger partial charge in [0, 0.05) is 31.7 Å².